The first-order valence-electron chi connectivity index (χ1n) is 9.00. The van der Waals surface area contributed by atoms with Crippen molar-refractivity contribution in [1.29, 1.82) is 0 Å². The molecule has 6 nitrogen and oxygen atoms in total. The first-order chi connectivity index (χ1) is 14.0. The smallest absolute Gasteiger partial charge is 0.416 e. The van der Waals surface area contributed by atoms with E-state index in [2.05, 4.69) is 4.72 Å². The fraction of sp³-hybridized carbons (Fsp3) is 0.316. The van der Waals surface area contributed by atoms with Gasteiger partial charge in [-0.2, -0.15) is 13.2 Å². The minimum atomic E-state index is -4.70. The van der Waals surface area contributed by atoms with Crippen LogP contribution in [0.4, 0.5) is 28.9 Å². The minimum absolute atomic E-state index is 0.265. The molecule has 0 amide bonds. The van der Waals surface area contributed by atoms with E-state index in [-0.39, 0.29) is 11.4 Å². The lowest BCUT2D eigenvalue weighted by atomic mass is 10.1. The Morgan fingerprint density at radius 1 is 1.03 bits per heavy atom. The van der Waals surface area contributed by atoms with Gasteiger partial charge in [-0.05, 0) is 55.7 Å². The third-order valence-corrected chi connectivity index (χ3v) is 6.04. The predicted octanol–water partition coefficient (Wildman–Crippen LogP) is 4.33. The summed E-state index contributed by atoms with van der Waals surface area (Å²) in [5, 5.41) is 9.02. The second-order valence-electron chi connectivity index (χ2n) is 6.86. The molecule has 1 saturated heterocycles. The van der Waals surface area contributed by atoms with E-state index in [0.29, 0.717) is 31.3 Å². The Morgan fingerprint density at radius 2 is 1.70 bits per heavy atom. The van der Waals surface area contributed by atoms with Crippen LogP contribution in [0, 0.1) is 5.82 Å². The molecule has 0 spiro atoms. The number of sulfonamides is 1. The van der Waals surface area contributed by atoms with Crippen molar-refractivity contribution in [3.05, 3.63) is 53.3 Å². The molecule has 1 aliphatic rings. The summed E-state index contributed by atoms with van der Waals surface area (Å²) in [6, 6.07) is 4.72. The van der Waals surface area contributed by atoms with Gasteiger partial charge in [0.05, 0.1) is 27.4 Å². The number of piperidine rings is 1. The summed E-state index contributed by atoms with van der Waals surface area (Å²) in [5.74, 6) is -2.64. The predicted molar refractivity (Wildman–Crippen MR) is 102 cm³/mol. The highest BCUT2D eigenvalue weighted by atomic mass is 32.2. The zero-order valence-electron chi connectivity index (χ0n) is 15.5. The summed E-state index contributed by atoms with van der Waals surface area (Å²) in [5.41, 5.74) is -1.70. The Labute approximate surface area is 170 Å². The van der Waals surface area contributed by atoms with E-state index in [1.165, 1.54) is 6.07 Å². The zero-order chi connectivity index (χ0) is 22.1. The molecule has 0 bridgehead atoms. The number of aromatic carboxylic acids is 1. The van der Waals surface area contributed by atoms with E-state index < -0.39 is 44.0 Å². The minimum Gasteiger partial charge on any atom is -0.478 e. The van der Waals surface area contributed by atoms with Crippen LogP contribution < -0.4 is 9.62 Å². The third-order valence-electron chi connectivity index (χ3n) is 4.69. The van der Waals surface area contributed by atoms with E-state index in [1.54, 1.807) is 4.90 Å². The standard InChI is InChI=1S/C19H18F4N2O4S/c20-14-8-12(18(26)27)9-15(11-14)30(28,29)24-16-10-13(19(21,22)23)4-5-17(16)25-6-2-1-3-7-25/h4-5,8-11,24H,1-3,6-7H2,(H,26,27). The molecule has 1 heterocycles. The number of nitrogens with zero attached hydrogens (tertiary/aromatic N) is 1. The van der Waals surface area contributed by atoms with E-state index in [9.17, 15) is 30.8 Å². The number of halogens is 4. The maximum atomic E-state index is 13.7. The van der Waals surface area contributed by atoms with E-state index in [1.807, 2.05) is 0 Å². The molecule has 1 fully saturated rings. The average Bonchev–Trinajstić information content (AvgIpc) is 2.67. The van der Waals surface area contributed by atoms with E-state index in [4.69, 9.17) is 5.11 Å². The lowest BCUT2D eigenvalue weighted by Gasteiger charge is -2.31. The van der Waals surface area contributed by atoms with Gasteiger partial charge in [0.25, 0.3) is 10.0 Å². The molecule has 0 unspecified atom stereocenters. The van der Waals surface area contributed by atoms with Crippen LogP contribution in [0.5, 0.6) is 0 Å². The molecular weight excluding hydrogens is 428 g/mol. The van der Waals surface area contributed by atoms with Gasteiger partial charge in [0, 0.05) is 13.1 Å². The monoisotopic (exact) mass is 446 g/mol. The van der Waals surface area contributed by atoms with Crippen molar-refractivity contribution in [2.45, 2.75) is 30.3 Å². The van der Waals surface area contributed by atoms with Crippen LogP contribution >= 0.6 is 0 Å². The lowest BCUT2D eigenvalue weighted by Crippen LogP contribution is -2.30. The molecule has 3 rings (SSSR count). The summed E-state index contributed by atoms with van der Waals surface area (Å²) in [4.78, 5) is 12.2. The quantitative estimate of drug-likeness (QED) is 0.668. The highest BCUT2D eigenvalue weighted by molar-refractivity contribution is 7.92. The van der Waals surface area contributed by atoms with Crippen LogP contribution in [0.25, 0.3) is 0 Å². The fourth-order valence-electron chi connectivity index (χ4n) is 3.25. The molecule has 1 aliphatic heterocycles. The first-order valence-corrected chi connectivity index (χ1v) is 10.5. The molecule has 0 atom stereocenters. The second-order valence-corrected chi connectivity index (χ2v) is 8.55. The molecule has 0 aliphatic carbocycles. The Bertz CT molecular complexity index is 1060. The summed E-state index contributed by atoms with van der Waals surface area (Å²) in [6.45, 7) is 1.09. The Hall–Kier alpha value is -2.82. The summed E-state index contributed by atoms with van der Waals surface area (Å²) in [6.07, 6.45) is -2.13. The fourth-order valence-corrected chi connectivity index (χ4v) is 4.37. The SMILES string of the molecule is O=C(O)c1cc(F)cc(S(=O)(=O)Nc2cc(C(F)(F)F)ccc2N2CCCCC2)c1. The van der Waals surface area contributed by atoms with Crippen LogP contribution in [-0.4, -0.2) is 32.6 Å². The molecule has 2 N–H and O–H groups in total. The third kappa shape index (κ3) is 4.84. The summed E-state index contributed by atoms with van der Waals surface area (Å²) in [7, 11) is -4.56. The number of anilines is 2. The molecule has 30 heavy (non-hydrogen) atoms. The highest BCUT2D eigenvalue weighted by Crippen LogP contribution is 2.37. The first kappa shape index (κ1) is 21.9. The number of carboxylic acid groups (broad SMARTS) is 1. The van der Waals surface area contributed by atoms with Gasteiger partial charge in [-0.25, -0.2) is 17.6 Å². The Balaban J connectivity index is 2.06. The molecule has 162 valence electrons. The van der Waals surface area contributed by atoms with Crippen LogP contribution in [-0.2, 0) is 16.2 Å². The maximum Gasteiger partial charge on any atom is 0.416 e. The molecular formula is C19H18F4N2O4S. The van der Waals surface area contributed by atoms with Crippen LogP contribution in [0.15, 0.2) is 41.3 Å². The molecule has 0 saturated carbocycles. The van der Waals surface area contributed by atoms with Crippen molar-refractivity contribution in [1.82, 2.24) is 0 Å². The van der Waals surface area contributed by atoms with Gasteiger partial charge in [0.2, 0.25) is 0 Å². The molecule has 0 aromatic heterocycles. The number of hydrogen-bond donors (Lipinski definition) is 2. The van der Waals surface area contributed by atoms with Crippen molar-refractivity contribution >= 4 is 27.4 Å². The van der Waals surface area contributed by atoms with Gasteiger partial charge in [-0.3, -0.25) is 4.72 Å². The molecule has 2 aromatic carbocycles. The molecule has 2 aromatic rings. The number of benzene rings is 2. The van der Waals surface area contributed by atoms with E-state index >= 15 is 0 Å². The van der Waals surface area contributed by atoms with E-state index in [0.717, 1.165) is 31.4 Å². The number of rotatable bonds is 5. The van der Waals surface area contributed by atoms with Crippen molar-refractivity contribution in [3.63, 3.8) is 0 Å². The molecule has 11 heteroatoms. The van der Waals surface area contributed by atoms with Gasteiger partial charge >= 0.3 is 12.1 Å². The Kier molecular flexibility index (Phi) is 5.93. The number of nitrogens with one attached hydrogen (secondary N) is 1. The maximum absolute atomic E-state index is 13.7. The van der Waals surface area contributed by atoms with Crippen molar-refractivity contribution in [2.24, 2.45) is 0 Å². The van der Waals surface area contributed by atoms with Crippen molar-refractivity contribution in [3.8, 4) is 0 Å². The van der Waals surface area contributed by atoms with Gasteiger partial charge < -0.3 is 10.0 Å². The highest BCUT2D eigenvalue weighted by Gasteiger charge is 2.32. The van der Waals surface area contributed by atoms with Gasteiger partial charge in [0.15, 0.2) is 0 Å². The topological polar surface area (TPSA) is 86.7 Å². The molecule has 0 radical (unpaired) electrons. The number of carboxylic acids is 1. The lowest BCUT2D eigenvalue weighted by molar-refractivity contribution is -0.137. The number of hydrogen-bond acceptors (Lipinski definition) is 4. The second kappa shape index (κ2) is 8.13. The summed E-state index contributed by atoms with van der Waals surface area (Å²) < 4.78 is 80.9. The Morgan fingerprint density at radius 3 is 2.30 bits per heavy atom. The van der Waals surface area contributed by atoms with Crippen molar-refractivity contribution in [2.75, 3.05) is 22.7 Å². The van der Waals surface area contributed by atoms with Gasteiger partial charge in [-0.15, -0.1) is 0 Å². The van der Waals surface area contributed by atoms with Gasteiger partial charge in [0.1, 0.15) is 5.82 Å². The van der Waals surface area contributed by atoms with Gasteiger partial charge in [-0.1, -0.05) is 0 Å². The number of alkyl halides is 3. The number of carbonyl (C=O) groups is 1. The summed E-state index contributed by atoms with van der Waals surface area (Å²) >= 11 is 0. The van der Waals surface area contributed by atoms with Crippen LogP contribution in [0.3, 0.4) is 0 Å². The normalized spacial score (nSPS) is 15.1. The largest absolute Gasteiger partial charge is 0.478 e. The van der Waals surface area contributed by atoms with Crippen molar-refractivity contribution < 1.29 is 35.9 Å². The average molecular weight is 446 g/mol. The van der Waals surface area contributed by atoms with Crippen LogP contribution in [0.2, 0.25) is 0 Å². The van der Waals surface area contributed by atoms with Crippen LogP contribution in [0.1, 0.15) is 35.2 Å². The zero-order valence-corrected chi connectivity index (χ0v) is 16.4.